The van der Waals surface area contributed by atoms with Crippen LogP contribution in [0.15, 0.2) is 66.7 Å². The Balaban J connectivity index is 1.42. The first kappa shape index (κ1) is 21.0. The number of anilines is 1. The molecule has 0 saturated heterocycles. The minimum absolute atomic E-state index is 0.0130. The fourth-order valence-electron chi connectivity index (χ4n) is 2.95. The van der Waals surface area contributed by atoms with Gasteiger partial charge in [-0.3, -0.25) is 14.4 Å². The number of Topliss-reactive ketones (excluding diaryl/α,β-unsaturated/α-hetero) is 1. The van der Waals surface area contributed by atoms with E-state index in [0.717, 1.165) is 10.8 Å². The zero-order valence-electron chi connectivity index (χ0n) is 16.7. The van der Waals surface area contributed by atoms with Gasteiger partial charge in [0.2, 0.25) is 0 Å². The first-order chi connectivity index (χ1) is 14.5. The minimum atomic E-state index is -0.594. The third kappa shape index (κ3) is 5.91. The number of fused-ring (bicyclic) bond motifs is 1. The van der Waals surface area contributed by atoms with Crippen LogP contribution in [0.1, 0.15) is 30.1 Å². The second-order valence-electron chi connectivity index (χ2n) is 6.65. The van der Waals surface area contributed by atoms with Gasteiger partial charge in [-0.1, -0.05) is 30.3 Å². The van der Waals surface area contributed by atoms with Gasteiger partial charge in [-0.2, -0.15) is 0 Å². The second kappa shape index (κ2) is 10.2. The van der Waals surface area contributed by atoms with Gasteiger partial charge in [-0.15, -0.1) is 0 Å². The number of ether oxygens (including phenoxy) is 2. The number of carbonyl (C=O) groups excluding carboxylic acids is 3. The average Bonchev–Trinajstić information content (AvgIpc) is 2.76. The van der Waals surface area contributed by atoms with Crippen LogP contribution in [-0.2, 0) is 14.3 Å². The van der Waals surface area contributed by atoms with E-state index >= 15 is 0 Å². The van der Waals surface area contributed by atoms with Crippen molar-refractivity contribution in [3.05, 3.63) is 72.3 Å². The molecule has 0 aliphatic heterocycles. The fourth-order valence-corrected chi connectivity index (χ4v) is 2.95. The lowest BCUT2D eigenvalue weighted by atomic mass is 10.1. The van der Waals surface area contributed by atoms with Gasteiger partial charge in [0.15, 0.2) is 12.4 Å². The number of carbonyl (C=O) groups is 3. The number of amides is 1. The van der Waals surface area contributed by atoms with E-state index in [4.69, 9.17) is 9.47 Å². The first-order valence-corrected chi connectivity index (χ1v) is 9.75. The van der Waals surface area contributed by atoms with Crippen molar-refractivity contribution in [2.24, 2.45) is 0 Å². The maximum atomic E-state index is 12.2. The van der Waals surface area contributed by atoms with Crippen LogP contribution >= 0.6 is 0 Å². The van der Waals surface area contributed by atoms with Gasteiger partial charge >= 0.3 is 5.97 Å². The molecule has 0 aliphatic carbocycles. The lowest BCUT2D eigenvalue weighted by molar-refractivity contribution is -0.147. The molecule has 1 amide bonds. The smallest absolute Gasteiger partial charge is 0.306 e. The lowest BCUT2D eigenvalue weighted by Gasteiger charge is -2.08. The monoisotopic (exact) mass is 405 g/mol. The molecule has 0 aliphatic rings. The zero-order valence-corrected chi connectivity index (χ0v) is 16.7. The highest BCUT2D eigenvalue weighted by atomic mass is 16.5. The molecule has 0 bridgehead atoms. The molecule has 0 radical (unpaired) electrons. The summed E-state index contributed by atoms with van der Waals surface area (Å²) in [6.07, 6.45) is -0.0750. The van der Waals surface area contributed by atoms with Crippen LogP contribution in [0.3, 0.4) is 0 Å². The normalized spacial score (nSPS) is 10.4. The predicted octanol–water partition coefficient (Wildman–Crippen LogP) is 4.38. The third-order valence-corrected chi connectivity index (χ3v) is 4.44. The van der Waals surface area contributed by atoms with Crippen molar-refractivity contribution in [1.82, 2.24) is 0 Å². The molecule has 30 heavy (non-hydrogen) atoms. The predicted molar refractivity (Wildman–Crippen MR) is 115 cm³/mol. The Morgan fingerprint density at radius 3 is 2.33 bits per heavy atom. The van der Waals surface area contributed by atoms with Crippen LogP contribution in [-0.4, -0.2) is 30.9 Å². The van der Waals surface area contributed by atoms with Gasteiger partial charge in [-0.25, -0.2) is 0 Å². The summed E-state index contributed by atoms with van der Waals surface area (Å²) in [7, 11) is 0. The van der Waals surface area contributed by atoms with Crippen molar-refractivity contribution >= 4 is 34.1 Å². The molecule has 0 unspecified atom stereocenters. The van der Waals surface area contributed by atoms with E-state index in [-0.39, 0.29) is 18.6 Å². The van der Waals surface area contributed by atoms with Crippen molar-refractivity contribution < 1.29 is 23.9 Å². The number of hydrogen-bond donors (Lipinski definition) is 1. The SMILES string of the molecule is CCOc1ccc(C(=O)CCC(=O)OCC(=O)Nc2ccc3ccccc3c2)cc1. The van der Waals surface area contributed by atoms with E-state index in [0.29, 0.717) is 23.6 Å². The number of ketones is 1. The summed E-state index contributed by atoms with van der Waals surface area (Å²) in [6.45, 7) is 2.03. The summed E-state index contributed by atoms with van der Waals surface area (Å²) in [5.74, 6) is -0.513. The maximum Gasteiger partial charge on any atom is 0.306 e. The van der Waals surface area contributed by atoms with Crippen LogP contribution in [0.2, 0.25) is 0 Å². The van der Waals surface area contributed by atoms with Gasteiger partial charge in [-0.05, 0) is 54.1 Å². The summed E-state index contributed by atoms with van der Waals surface area (Å²) in [5.41, 5.74) is 1.13. The van der Waals surface area contributed by atoms with Gasteiger partial charge in [0.1, 0.15) is 5.75 Å². The number of benzene rings is 3. The molecule has 154 valence electrons. The highest BCUT2D eigenvalue weighted by Crippen LogP contribution is 2.19. The largest absolute Gasteiger partial charge is 0.494 e. The fraction of sp³-hybridized carbons (Fsp3) is 0.208. The van der Waals surface area contributed by atoms with Crippen LogP contribution in [0, 0.1) is 0 Å². The van der Waals surface area contributed by atoms with Crippen LogP contribution in [0.25, 0.3) is 10.8 Å². The van der Waals surface area contributed by atoms with Crippen molar-refractivity contribution in [2.45, 2.75) is 19.8 Å². The average molecular weight is 405 g/mol. The van der Waals surface area contributed by atoms with E-state index in [2.05, 4.69) is 5.32 Å². The Bertz CT molecular complexity index is 1040. The van der Waals surface area contributed by atoms with Gasteiger partial charge in [0.05, 0.1) is 13.0 Å². The Kier molecular flexibility index (Phi) is 7.16. The third-order valence-electron chi connectivity index (χ3n) is 4.44. The van der Waals surface area contributed by atoms with Gasteiger partial charge < -0.3 is 14.8 Å². The van der Waals surface area contributed by atoms with E-state index in [9.17, 15) is 14.4 Å². The Labute approximate surface area is 174 Å². The summed E-state index contributed by atoms with van der Waals surface area (Å²) in [4.78, 5) is 36.1. The lowest BCUT2D eigenvalue weighted by Crippen LogP contribution is -2.21. The van der Waals surface area contributed by atoms with E-state index in [1.54, 1.807) is 30.3 Å². The number of rotatable bonds is 9. The van der Waals surface area contributed by atoms with Crippen molar-refractivity contribution in [3.63, 3.8) is 0 Å². The number of hydrogen-bond acceptors (Lipinski definition) is 5. The maximum absolute atomic E-state index is 12.2. The molecule has 0 fully saturated rings. The molecule has 0 aromatic heterocycles. The molecule has 0 atom stereocenters. The molecule has 3 rings (SSSR count). The first-order valence-electron chi connectivity index (χ1n) is 9.75. The van der Waals surface area contributed by atoms with E-state index < -0.39 is 18.5 Å². The standard InChI is InChI=1S/C24H23NO5/c1-2-29-21-11-8-18(9-12-21)22(26)13-14-24(28)30-16-23(27)25-20-10-7-17-5-3-4-6-19(17)15-20/h3-12,15H,2,13-14,16H2,1H3,(H,25,27). The molecule has 0 saturated carbocycles. The molecular weight excluding hydrogens is 382 g/mol. The quantitative estimate of drug-likeness (QED) is 0.422. The highest BCUT2D eigenvalue weighted by Gasteiger charge is 2.12. The summed E-state index contributed by atoms with van der Waals surface area (Å²) in [5, 5.41) is 4.77. The Morgan fingerprint density at radius 1 is 0.867 bits per heavy atom. The van der Waals surface area contributed by atoms with Crippen molar-refractivity contribution in [2.75, 3.05) is 18.5 Å². The van der Waals surface area contributed by atoms with Crippen molar-refractivity contribution in [3.8, 4) is 5.75 Å². The topological polar surface area (TPSA) is 81.7 Å². The van der Waals surface area contributed by atoms with Gasteiger partial charge in [0, 0.05) is 17.7 Å². The van der Waals surface area contributed by atoms with Crippen LogP contribution in [0.4, 0.5) is 5.69 Å². The van der Waals surface area contributed by atoms with Crippen LogP contribution in [0.5, 0.6) is 5.75 Å². The summed E-state index contributed by atoms with van der Waals surface area (Å²) in [6, 6.07) is 20.1. The molecule has 3 aromatic rings. The molecular formula is C24H23NO5. The van der Waals surface area contributed by atoms with Crippen LogP contribution < -0.4 is 10.1 Å². The summed E-state index contributed by atoms with van der Waals surface area (Å²) >= 11 is 0. The minimum Gasteiger partial charge on any atom is -0.494 e. The summed E-state index contributed by atoms with van der Waals surface area (Å²) < 4.78 is 10.3. The Hall–Kier alpha value is -3.67. The molecule has 0 spiro atoms. The second-order valence-corrected chi connectivity index (χ2v) is 6.65. The van der Waals surface area contributed by atoms with Gasteiger partial charge in [0.25, 0.3) is 5.91 Å². The number of esters is 1. The number of nitrogens with one attached hydrogen (secondary N) is 1. The molecule has 6 heteroatoms. The molecule has 3 aromatic carbocycles. The molecule has 1 N–H and O–H groups in total. The zero-order chi connectivity index (χ0) is 21.3. The highest BCUT2D eigenvalue weighted by molar-refractivity contribution is 5.98. The Morgan fingerprint density at radius 2 is 1.60 bits per heavy atom. The molecule has 0 heterocycles. The van der Waals surface area contributed by atoms with E-state index in [1.807, 2.05) is 43.3 Å². The van der Waals surface area contributed by atoms with E-state index in [1.165, 1.54) is 0 Å². The molecule has 6 nitrogen and oxygen atoms in total. The van der Waals surface area contributed by atoms with Crippen molar-refractivity contribution in [1.29, 1.82) is 0 Å².